The van der Waals surface area contributed by atoms with Gasteiger partial charge >= 0.3 is 11.9 Å². The van der Waals surface area contributed by atoms with Gasteiger partial charge in [0.2, 0.25) is 0 Å². The quantitative estimate of drug-likeness (QED) is 0.491. The highest BCUT2D eigenvalue weighted by atomic mass is 16.4. The lowest BCUT2D eigenvalue weighted by atomic mass is 9.81. The zero-order chi connectivity index (χ0) is 13.6. The lowest BCUT2D eigenvalue weighted by Crippen LogP contribution is -2.40. The summed E-state index contributed by atoms with van der Waals surface area (Å²) in [5, 5.41) is 36.9. The van der Waals surface area contributed by atoms with E-state index in [0.717, 1.165) is 0 Å². The average Bonchev–Trinajstić information content (AvgIpc) is 2.26. The third-order valence-corrected chi connectivity index (χ3v) is 2.95. The topological polar surface area (TPSA) is 115 Å². The Morgan fingerprint density at radius 1 is 1.06 bits per heavy atom. The molecule has 0 aromatic carbocycles. The SMILES string of the molecule is CCC(O)C(O)C(CC)C(CC(=O)O)C(=O)O. The standard InChI is InChI=1S/C11H20O6/c1-3-6(10(15)8(12)4-2)7(11(16)17)5-9(13)14/h6-8,10,12,15H,3-5H2,1-2H3,(H,13,14)(H,16,17). The largest absolute Gasteiger partial charge is 0.481 e. The molecule has 0 saturated carbocycles. The van der Waals surface area contributed by atoms with Crippen molar-refractivity contribution in [2.45, 2.75) is 45.3 Å². The molecule has 0 aliphatic rings. The number of hydrogen-bond donors (Lipinski definition) is 4. The minimum Gasteiger partial charge on any atom is -0.481 e. The van der Waals surface area contributed by atoms with Gasteiger partial charge in [0.05, 0.1) is 24.5 Å². The van der Waals surface area contributed by atoms with Gasteiger partial charge in [-0.05, 0) is 12.8 Å². The van der Waals surface area contributed by atoms with Gasteiger partial charge in [0.15, 0.2) is 0 Å². The lowest BCUT2D eigenvalue weighted by molar-refractivity contribution is -0.153. The number of rotatable bonds is 8. The van der Waals surface area contributed by atoms with Crippen LogP contribution in [-0.2, 0) is 9.59 Å². The first-order chi connectivity index (χ1) is 7.84. The van der Waals surface area contributed by atoms with Crippen LogP contribution in [0.1, 0.15) is 33.1 Å². The van der Waals surface area contributed by atoms with E-state index in [1.54, 1.807) is 13.8 Å². The first-order valence-electron chi connectivity index (χ1n) is 5.65. The monoisotopic (exact) mass is 248 g/mol. The van der Waals surface area contributed by atoms with Crippen molar-refractivity contribution < 1.29 is 30.0 Å². The van der Waals surface area contributed by atoms with E-state index in [4.69, 9.17) is 10.2 Å². The lowest BCUT2D eigenvalue weighted by Gasteiger charge is -2.29. The fourth-order valence-corrected chi connectivity index (χ4v) is 1.90. The second-order valence-corrected chi connectivity index (χ2v) is 4.08. The van der Waals surface area contributed by atoms with Gasteiger partial charge in [0.1, 0.15) is 0 Å². The number of carboxylic acid groups (broad SMARTS) is 2. The Morgan fingerprint density at radius 2 is 1.59 bits per heavy atom. The highest BCUT2D eigenvalue weighted by Gasteiger charge is 2.36. The van der Waals surface area contributed by atoms with Gasteiger partial charge in [0.25, 0.3) is 0 Å². The third kappa shape index (κ3) is 4.70. The number of carboxylic acids is 2. The van der Waals surface area contributed by atoms with Crippen LogP contribution in [0.15, 0.2) is 0 Å². The summed E-state index contributed by atoms with van der Waals surface area (Å²) >= 11 is 0. The van der Waals surface area contributed by atoms with E-state index in [9.17, 15) is 19.8 Å². The van der Waals surface area contributed by atoms with Crippen molar-refractivity contribution in [3.05, 3.63) is 0 Å². The van der Waals surface area contributed by atoms with E-state index in [1.807, 2.05) is 0 Å². The molecule has 4 N–H and O–H groups in total. The van der Waals surface area contributed by atoms with Gasteiger partial charge in [-0.25, -0.2) is 0 Å². The molecule has 100 valence electrons. The molecule has 0 rings (SSSR count). The Morgan fingerprint density at radius 3 is 1.88 bits per heavy atom. The first-order valence-corrected chi connectivity index (χ1v) is 5.65. The summed E-state index contributed by atoms with van der Waals surface area (Å²) in [7, 11) is 0. The molecular formula is C11H20O6. The predicted molar refractivity (Wildman–Crippen MR) is 59.5 cm³/mol. The summed E-state index contributed by atoms with van der Waals surface area (Å²) in [6.07, 6.45) is -2.22. The van der Waals surface area contributed by atoms with Crippen molar-refractivity contribution in [2.75, 3.05) is 0 Å². The molecule has 0 radical (unpaired) electrons. The van der Waals surface area contributed by atoms with E-state index in [-0.39, 0.29) is 6.42 Å². The molecule has 0 spiro atoms. The molecule has 0 aliphatic carbocycles. The van der Waals surface area contributed by atoms with Crippen LogP contribution in [-0.4, -0.2) is 44.6 Å². The maximum Gasteiger partial charge on any atom is 0.307 e. The van der Waals surface area contributed by atoms with Crippen LogP contribution in [0, 0.1) is 11.8 Å². The fraction of sp³-hybridized carbons (Fsp3) is 0.818. The smallest absolute Gasteiger partial charge is 0.307 e. The Labute approximate surface area is 99.9 Å². The zero-order valence-corrected chi connectivity index (χ0v) is 10.0. The fourth-order valence-electron chi connectivity index (χ4n) is 1.90. The van der Waals surface area contributed by atoms with Gasteiger partial charge in [-0.3, -0.25) is 9.59 Å². The van der Waals surface area contributed by atoms with Crippen LogP contribution < -0.4 is 0 Å². The van der Waals surface area contributed by atoms with Crippen LogP contribution in [0.25, 0.3) is 0 Å². The molecule has 4 unspecified atom stereocenters. The van der Waals surface area contributed by atoms with Crippen molar-refractivity contribution in [1.29, 1.82) is 0 Å². The van der Waals surface area contributed by atoms with Crippen molar-refractivity contribution in [3.63, 3.8) is 0 Å². The van der Waals surface area contributed by atoms with E-state index in [0.29, 0.717) is 6.42 Å². The van der Waals surface area contributed by atoms with E-state index < -0.39 is 42.4 Å². The molecule has 0 fully saturated rings. The summed E-state index contributed by atoms with van der Waals surface area (Å²) in [6, 6.07) is 0. The molecule has 0 heterocycles. The molecule has 4 atom stereocenters. The summed E-state index contributed by atoms with van der Waals surface area (Å²) in [4.78, 5) is 21.6. The number of aliphatic hydroxyl groups is 2. The second-order valence-electron chi connectivity index (χ2n) is 4.08. The summed E-state index contributed by atoms with van der Waals surface area (Å²) in [5.41, 5.74) is 0. The number of aliphatic carboxylic acids is 2. The van der Waals surface area contributed by atoms with Crippen LogP contribution in [0.3, 0.4) is 0 Å². The van der Waals surface area contributed by atoms with Crippen LogP contribution >= 0.6 is 0 Å². The van der Waals surface area contributed by atoms with Gasteiger partial charge in [-0.15, -0.1) is 0 Å². The third-order valence-electron chi connectivity index (χ3n) is 2.95. The first kappa shape index (κ1) is 15.9. The number of aliphatic hydroxyl groups excluding tert-OH is 2. The van der Waals surface area contributed by atoms with Crippen molar-refractivity contribution in [3.8, 4) is 0 Å². The van der Waals surface area contributed by atoms with E-state index >= 15 is 0 Å². The zero-order valence-electron chi connectivity index (χ0n) is 10.0. The predicted octanol–water partition coefficient (Wildman–Crippen LogP) is 0.320. The highest BCUT2D eigenvalue weighted by Crippen LogP contribution is 2.26. The molecule has 0 saturated heterocycles. The Bertz CT molecular complexity index is 265. The molecule has 0 aromatic rings. The molecule has 0 bridgehead atoms. The van der Waals surface area contributed by atoms with Crippen molar-refractivity contribution in [1.82, 2.24) is 0 Å². The molecule has 0 amide bonds. The Kier molecular flexibility index (Phi) is 6.75. The maximum absolute atomic E-state index is 11.0. The van der Waals surface area contributed by atoms with E-state index in [1.165, 1.54) is 0 Å². The van der Waals surface area contributed by atoms with E-state index in [2.05, 4.69) is 0 Å². The van der Waals surface area contributed by atoms with Crippen molar-refractivity contribution >= 4 is 11.9 Å². The van der Waals surface area contributed by atoms with Gasteiger partial charge < -0.3 is 20.4 Å². The molecule has 0 aromatic heterocycles. The van der Waals surface area contributed by atoms with Gasteiger partial charge in [-0.1, -0.05) is 13.8 Å². The van der Waals surface area contributed by atoms with Crippen molar-refractivity contribution in [2.24, 2.45) is 11.8 Å². The van der Waals surface area contributed by atoms with Gasteiger partial charge in [-0.2, -0.15) is 0 Å². The number of carbonyl (C=O) groups is 2. The summed E-state index contributed by atoms with van der Waals surface area (Å²) < 4.78 is 0. The molecule has 6 heteroatoms. The highest BCUT2D eigenvalue weighted by molar-refractivity contribution is 5.78. The average molecular weight is 248 g/mol. The second kappa shape index (κ2) is 7.24. The Balaban J connectivity index is 4.89. The minimum atomic E-state index is -1.26. The number of hydrogen-bond acceptors (Lipinski definition) is 4. The molecule has 17 heavy (non-hydrogen) atoms. The summed E-state index contributed by atoms with van der Waals surface area (Å²) in [5.74, 6) is -4.44. The minimum absolute atomic E-state index is 0.289. The molecule has 6 nitrogen and oxygen atoms in total. The van der Waals surface area contributed by atoms with Crippen LogP contribution in [0.4, 0.5) is 0 Å². The normalized spacial score (nSPS) is 18.1. The maximum atomic E-state index is 11.0. The molecule has 0 aliphatic heterocycles. The van der Waals surface area contributed by atoms with Gasteiger partial charge in [0, 0.05) is 5.92 Å². The van der Waals surface area contributed by atoms with Crippen LogP contribution in [0.2, 0.25) is 0 Å². The Hall–Kier alpha value is -1.14. The molecular weight excluding hydrogens is 228 g/mol. The van der Waals surface area contributed by atoms with Crippen LogP contribution in [0.5, 0.6) is 0 Å². The summed E-state index contributed by atoms with van der Waals surface area (Å²) in [6.45, 7) is 3.32.